The predicted octanol–water partition coefficient (Wildman–Crippen LogP) is 1.09. The van der Waals surface area contributed by atoms with Crippen molar-refractivity contribution in [1.29, 1.82) is 0 Å². The van der Waals surface area contributed by atoms with Crippen molar-refractivity contribution >= 4 is 22.6 Å². The molecule has 1 unspecified atom stereocenters. The zero-order valence-corrected chi connectivity index (χ0v) is 11.3. The van der Waals surface area contributed by atoms with E-state index in [9.17, 15) is 0 Å². The first kappa shape index (κ1) is 11.4. The number of hydrogen-bond acceptors (Lipinski definition) is 3. The summed E-state index contributed by atoms with van der Waals surface area (Å²) in [5.74, 6) is 0. The highest BCUT2D eigenvalue weighted by molar-refractivity contribution is 14.1. The van der Waals surface area contributed by atoms with Gasteiger partial charge in [0.25, 0.3) is 0 Å². The van der Waals surface area contributed by atoms with E-state index < -0.39 is 0 Å². The van der Waals surface area contributed by atoms with Gasteiger partial charge in [-0.3, -0.25) is 4.90 Å². The molecule has 15 heavy (non-hydrogen) atoms. The summed E-state index contributed by atoms with van der Waals surface area (Å²) in [6.07, 6.45) is 5.69. The second-order valence-electron chi connectivity index (χ2n) is 4.12. The van der Waals surface area contributed by atoms with Gasteiger partial charge in [-0.25, -0.2) is 0 Å². The lowest BCUT2D eigenvalue weighted by Crippen LogP contribution is -2.46. The van der Waals surface area contributed by atoms with Crippen molar-refractivity contribution < 1.29 is 0 Å². The van der Waals surface area contributed by atoms with Crippen molar-refractivity contribution in [2.24, 2.45) is 0 Å². The molecule has 3 nitrogen and oxygen atoms in total. The minimum Gasteiger partial charge on any atom is -0.374 e. The third kappa shape index (κ3) is 2.95. The second-order valence-corrected chi connectivity index (χ2v) is 5.28. The van der Waals surface area contributed by atoms with Gasteiger partial charge in [-0.1, -0.05) is 6.08 Å². The summed E-state index contributed by atoms with van der Waals surface area (Å²) in [6, 6.07) is 0.590. The molecule has 4 heteroatoms. The summed E-state index contributed by atoms with van der Waals surface area (Å²) in [6.45, 7) is 4.57. The Morgan fingerprint density at radius 2 is 2.47 bits per heavy atom. The van der Waals surface area contributed by atoms with Gasteiger partial charge in [0.05, 0.1) is 9.75 Å². The molecular formula is C11H18IN3. The van der Waals surface area contributed by atoms with E-state index in [2.05, 4.69) is 50.3 Å². The van der Waals surface area contributed by atoms with Crippen LogP contribution in [0.5, 0.6) is 0 Å². The zero-order chi connectivity index (χ0) is 10.7. The van der Waals surface area contributed by atoms with Crippen LogP contribution in [-0.2, 0) is 0 Å². The van der Waals surface area contributed by atoms with Crippen molar-refractivity contribution in [2.45, 2.75) is 12.5 Å². The Morgan fingerprint density at radius 3 is 3.27 bits per heavy atom. The van der Waals surface area contributed by atoms with E-state index in [0.717, 1.165) is 19.6 Å². The molecule has 0 aromatic heterocycles. The highest BCUT2D eigenvalue weighted by atomic mass is 127. The lowest BCUT2D eigenvalue weighted by Gasteiger charge is -2.36. The van der Waals surface area contributed by atoms with Gasteiger partial charge in [0.15, 0.2) is 0 Å². The molecule has 2 heterocycles. The van der Waals surface area contributed by atoms with Crippen LogP contribution in [-0.4, -0.2) is 44.2 Å². The second kappa shape index (κ2) is 5.32. The Balaban J connectivity index is 1.92. The SMILES string of the molecule is CNCCN1CCC2NC(I)=CC=C2C1. The number of nitrogens with one attached hydrogen (secondary N) is 2. The van der Waals surface area contributed by atoms with Crippen LogP contribution in [0.1, 0.15) is 6.42 Å². The van der Waals surface area contributed by atoms with Crippen LogP contribution >= 0.6 is 22.6 Å². The first-order valence-corrected chi connectivity index (χ1v) is 6.57. The van der Waals surface area contributed by atoms with E-state index in [0.29, 0.717) is 6.04 Å². The monoisotopic (exact) mass is 319 g/mol. The Morgan fingerprint density at radius 1 is 1.60 bits per heavy atom. The van der Waals surface area contributed by atoms with E-state index in [1.165, 1.54) is 22.2 Å². The Kier molecular flexibility index (Phi) is 4.05. The van der Waals surface area contributed by atoms with Crippen LogP contribution in [0.4, 0.5) is 0 Å². The average molecular weight is 319 g/mol. The minimum absolute atomic E-state index is 0.590. The fraction of sp³-hybridized carbons (Fsp3) is 0.636. The molecule has 2 aliphatic rings. The smallest absolute Gasteiger partial charge is 0.0736 e. The molecule has 0 aromatic rings. The maximum Gasteiger partial charge on any atom is 0.0736 e. The highest BCUT2D eigenvalue weighted by Gasteiger charge is 2.24. The summed E-state index contributed by atoms with van der Waals surface area (Å²) < 4.78 is 1.27. The maximum absolute atomic E-state index is 3.53. The van der Waals surface area contributed by atoms with Crippen LogP contribution in [0.3, 0.4) is 0 Å². The molecule has 84 valence electrons. The van der Waals surface area contributed by atoms with Crippen LogP contribution < -0.4 is 10.6 Å². The first-order chi connectivity index (χ1) is 7.29. The van der Waals surface area contributed by atoms with Crippen LogP contribution in [0.15, 0.2) is 21.4 Å². The number of likely N-dealkylation sites (tertiary alicyclic amines) is 1. The molecule has 2 aliphatic heterocycles. The summed E-state index contributed by atoms with van der Waals surface area (Å²) in [7, 11) is 2.01. The highest BCUT2D eigenvalue weighted by Crippen LogP contribution is 2.22. The number of piperidine rings is 1. The van der Waals surface area contributed by atoms with Gasteiger partial charge >= 0.3 is 0 Å². The van der Waals surface area contributed by atoms with E-state index in [1.807, 2.05) is 7.05 Å². The number of rotatable bonds is 3. The van der Waals surface area contributed by atoms with Crippen molar-refractivity contribution in [2.75, 3.05) is 33.2 Å². The Labute approximate surface area is 105 Å². The molecule has 0 spiro atoms. The van der Waals surface area contributed by atoms with Crippen molar-refractivity contribution in [3.63, 3.8) is 0 Å². The predicted molar refractivity (Wildman–Crippen MR) is 72.1 cm³/mol. The molecule has 0 radical (unpaired) electrons. The largest absolute Gasteiger partial charge is 0.374 e. The summed E-state index contributed by atoms with van der Waals surface area (Å²) in [5, 5.41) is 6.74. The van der Waals surface area contributed by atoms with E-state index in [-0.39, 0.29) is 0 Å². The standard InChI is InChI=1S/C11H18IN3/c1-13-5-7-15-6-4-10-9(8-15)2-3-11(12)14-10/h2-3,10,13-14H,4-8H2,1H3. The lowest BCUT2D eigenvalue weighted by atomic mass is 9.96. The fourth-order valence-electron chi connectivity index (χ4n) is 2.13. The number of dihydropyridines is 1. The molecule has 2 rings (SSSR count). The van der Waals surface area contributed by atoms with Gasteiger partial charge in [0, 0.05) is 26.2 Å². The van der Waals surface area contributed by atoms with Crippen LogP contribution in [0.2, 0.25) is 0 Å². The van der Waals surface area contributed by atoms with E-state index in [4.69, 9.17) is 0 Å². The lowest BCUT2D eigenvalue weighted by molar-refractivity contribution is 0.248. The van der Waals surface area contributed by atoms with Crippen LogP contribution in [0, 0.1) is 0 Å². The third-order valence-corrected chi connectivity index (χ3v) is 3.69. The molecule has 1 fully saturated rings. The number of fused-ring (bicyclic) bond motifs is 1. The van der Waals surface area contributed by atoms with Crippen molar-refractivity contribution in [3.05, 3.63) is 21.4 Å². The number of allylic oxidation sites excluding steroid dienone is 2. The summed E-state index contributed by atoms with van der Waals surface area (Å²) >= 11 is 2.36. The van der Waals surface area contributed by atoms with E-state index >= 15 is 0 Å². The number of likely N-dealkylation sites (N-methyl/N-ethyl adjacent to an activating group) is 1. The first-order valence-electron chi connectivity index (χ1n) is 5.49. The number of halogens is 1. The average Bonchev–Trinajstić information content (AvgIpc) is 2.26. The molecule has 0 aliphatic carbocycles. The molecule has 2 N–H and O–H groups in total. The Hall–Kier alpha value is -0.0700. The van der Waals surface area contributed by atoms with Gasteiger partial charge in [-0.2, -0.15) is 0 Å². The van der Waals surface area contributed by atoms with Crippen molar-refractivity contribution in [3.8, 4) is 0 Å². The zero-order valence-electron chi connectivity index (χ0n) is 9.09. The topological polar surface area (TPSA) is 27.3 Å². The van der Waals surface area contributed by atoms with Gasteiger partial charge in [0.1, 0.15) is 0 Å². The fourth-order valence-corrected chi connectivity index (χ4v) is 2.69. The van der Waals surface area contributed by atoms with Gasteiger partial charge < -0.3 is 10.6 Å². The van der Waals surface area contributed by atoms with Gasteiger partial charge in [-0.15, -0.1) is 0 Å². The molecule has 0 aromatic carbocycles. The Bertz CT molecular complexity index is 286. The van der Waals surface area contributed by atoms with Crippen LogP contribution in [0.25, 0.3) is 0 Å². The molecule has 0 amide bonds. The summed E-state index contributed by atoms with van der Waals surface area (Å²) in [5.41, 5.74) is 1.54. The minimum atomic E-state index is 0.590. The number of hydrogen-bond donors (Lipinski definition) is 2. The third-order valence-electron chi connectivity index (χ3n) is 3.02. The molecule has 0 bridgehead atoms. The molecule has 1 atom stereocenters. The molecule has 0 saturated carbocycles. The normalized spacial score (nSPS) is 26.4. The van der Waals surface area contributed by atoms with Crippen molar-refractivity contribution in [1.82, 2.24) is 15.5 Å². The quantitative estimate of drug-likeness (QED) is 0.602. The number of nitrogens with zero attached hydrogens (tertiary/aromatic N) is 1. The molecular weight excluding hydrogens is 301 g/mol. The van der Waals surface area contributed by atoms with Gasteiger partial charge in [0.2, 0.25) is 0 Å². The van der Waals surface area contributed by atoms with Gasteiger partial charge in [-0.05, 0) is 47.7 Å². The summed E-state index contributed by atoms with van der Waals surface area (Å²) in [4.78, 5) is 2.52. The maximum atomic E-state index is 3.53. The van der Waals surface area contributed by atoms with E-state index in [1.54, 1.807) is 0 Å². The molecule has 1 saturated heterocycles.